The molecule has 9 atom stereocenters. The molecular formula is C34H56N5O13PSi2. The standard InChI is InChI=1S/C34H56N5O13PSi2/c1-13-21-26(28(52-55(11,12)34(5,6)7)30(48-21)39-18-15-24(41)37-32(39)44)50-53(45,46-19-16-35-8)47-20-22-25(42)27(51-54(9,10)33(2,3)4)29(49-22)38-17-14-23(40)36-31(38)43/h14-15,17-18,21-22,25-30,42H,13,16,19-20H2,1-7,9-12H3,(H,36,40,43)(H,37,41,44). The Kier molecular flexibility index (Phi) is 13.9. The second kappa shape index (κ2) is 17.0. The minimum Gasteiger partial charge on any atom is -0.407 e. The highest BCUT2D eigenvalue weighted by molar-refractivity contribution is 7.48. The minimum absolute atomic E-state index is 0.184. The normalized spacial score (nSPS) is 27.5. The Morgan fingerprint density at radius 2 is 1.29 bits per heavy atom. The van der Waals surface area contributed by atoms with Crippen molar-refractivity contribution in [2.24, 2.45) is 0 Å². The van der Waals surface area contributed by atoms with Crippen molar-refractivity contribution in [2.75, 3.05) is 19.8 Å². The molecule has 0 amide bonds. The number of aromatic amines is 2. The van der Waals surface area contributed by atoms with E-state index < -0.39 is 103 Å². The summed E-state index contributed by atoms with van der Waals surface area (Å²) in [6.07, 6.45) is -6.27. The van der Waals surface area contributed by atoms with Crippen molar-refractivity contribution in [3.63, 3.8) is 0 Å². The van der Waals surface area contributed by atoms with Gasteiger partial charge in [0.2, 0.25) is 6.54 Å². The maximum Gasteiger partial charge on any atom is 0.475 e. The Bertz CT molecular complexity index is 1980. The zero-order valence-electron chi connectivity index (χ0n) is 33.4. The number of rotatable bonds is 15. The summed E-state index contributed by atoms with van der Waals surface area (Å²) in [5.41, 5.74) is -2.76. The molecule has 2 aliphatic heterocycles. The first-order valence-electron chi connectivity index (χ1n) is 18.2. The number of phosphoric ester groups is 1. The zero-order chi connectivity index (χ0) is 41.3. The third kappa shape index (κ3) is 10.2. The van der Waals surface area contributed by atoms with Gasteiger partial charge in [-0.3, -0.25) is 42.3 Å². The summed E-state index contributed by atoms with van der Waals surface area (Å²) in [7, 11) is -9.96. The molecular weight excluding hydrogens is 774 g/mol. The maximum absolute atomic E-state index is 14.7. The summed E-state index contributed by atoms with van der Waals surface area (Å²) in [4.78, 5) is 57.5. The van der Waals surface area contributed by atoms with Crippen LogP contribution in [0.3, 0.4) is 0 Å². The first-order valence-corrected chi connectivity index (χ1v) is 25.5. The lowest BCUT2D eigenvalue weighted by Crippen LogP contribution is -2.50. The molecule has 4 rings (SSSR count). The van der Waals surface area contributed by atoms with Crippen LogP contribution >= 0.6 is 7.82 Å². The van der Waals surface area contributed by atoms with Gasteiger partial charge in [-0.15, -0.1) is 0 Å². The number of phosphoric acid groups is 1. The van der Waals surface area contributed by atoms with Crippen LogP contribution in [0.4, 0.5) is 0 Å². The minimum atomic E-state index is -4.68. The van der Waals surface area contributed by atoms with Crippen molar-refractivity contribution in [1.29, 1.82) is 0 Å². The first kappa shape index (κ1) is 44.9. The molecule has 0 radical (unpaired) electrons. The highest BCUT2D eigenvalue weighted by Gasteiger charge is 2.55. The zero-order valence-corrected chi connectivity index (χ0v) is 36.3. The van der Waals surface area contributed by atoms with Crippen LogP contribution in [0.1, 0.15) is 67.3 Å². The largest absolute Gasteiger partial charge is 0.475 e. The number of aromatic nitrogens is 4. The van der Waals surface area contributed by atoms with E-state index in [0.29, 0.717) is 6.42 Å². The summed E-state index contributed by atoms with van der Waals surface area (Å²) in [5.74, 6) is 0. The van der Waals surface area contributed by atoms with Gasteiger partial charge in [-0.25, -0.2) is 20.7 Å². The Labute approximate surface area is 322 Å². The third-order valence-electron chi connectivity index (χ3n) is 10.8. The lowest BCUT2D eigenvalue weighted by molar-refractivity contribution is -0.0595. The van der Waals surface area contributed by atoms with Crippen LogP contribution in [0.25, 0.3) is 4.85 Å². The van der Waals surface area contributed by atoms with Crippen LogP contribution in [0, 0.1) is 6.57 Å². The summed E-state index contributed by atoms with van der Waals surface area (Å²) in [5, 5.41) is 11.1. The van der Waals surface area contributed by atoms with E-state index in [1.54, 1.807) is 6.92 Å². The number of ether oxygens (including phenoxy) is 2. The van der Waals surface area contributed by atoms with E-state index in [0.717, 1.165) is 10.6 Å². The fourth-order valence-corrected chi connectivity index (χ4v) is 9.58. The van der Waals surface area contributed by atoms with Crippen molar-refractivity contribution < 1.29 is 41.6 Å². The van der Waals surface area contributed by atoms with Crippen molar-refractivity contribution in [3.8, 4) is 0 Å². The summed E-state index contributed by atoms with van der Waals surface area (Å²) in [6, 6.07) is 2.32. The van der Waals surface area contributed by atoms with E-state index in [-0.39, 0.29) is 23.2 Å². The van der Waals surface area contributed by atoms with Gasteiger partial charge in [-0.1, -0.05) is 48.5 Å². The molecule has 9 unspecified atom stereocenters. The molecule has 0 bridgehead atoms. The average molecular weight is 830 g/mol. The summed E-state index contributed by atoms with van der Waals surface area (Å²) >= 11 is 0. The molecule has 18 nitrogen and oxygen atoms in total. The predicted molar refractivity (Wildman–Crippen MR) is 207 cm³/mol. The van der Waals surface area contributed by atoms with E-state index in [1.165, 1.54) is 23.0 Å². The molecule has 0 aromatic carbocycles. The number of hydrogen-bond acceptors (Lipinski definition) is 13. The van der Waals surface area contributed by atoms with Crippen molar-refractivity contribution in [2.45, 2.75) is 140 Å². The molecule has 0 saturated carbocycles. The van der Waals surface area contributed by atoms with Gasteiger partial charge in [-0.05, 0) is 42.7 Å². The van der Waals surface area contributed by atoms with Gasteiger partial charge in [0.25, 0.3) is 11.1 Å². The lowest BCUT2D eigenvalue weighted by Gasteiger charge is -2.40. The molecule has 21 heteroatoms. The first-order chi connectivity index (χ1) is 25.3. The fraction of sp³-hybridized carbons (Fsp3) is 0.735. The summed E-state index contributed by atoms with van der Waals surface area (Å²) < 4.78 is 60.7. The molecule has 0 aliphatic carbocycles. The molecule has 2 aliphatic rings. The van der Waals surface area contributed by atoms with Gasteiger partial charge < -0.3 is 28.3 Å². The van der Waals surface area contributed by atoms with Crippen LogP contribution in [-0.4, -0.2) is 97.2 Å². The van der Waals surface area contributed by atoms with Gasteiger partial charge in [0.15, 0.2) is 29.1 Å². The lowest BCUT2D eigenvalue weighted by atomic mass is 10.1. The van der Waals surface area contributed by atoms with E-state index in [4.69, 9.17) is 38.5 Å². The van der Waals surface area contributed by atoms with Crippen molar-refractivity contribution >= 4 is 24.5 Å². The van der Waals surface area contributed by atoms with Gasteiger partial charge in [0.05, 0.1) is 12.7 Å². The SMILES string of the molecule is [C-]#[N+]CCOP(=O)(OCC1OC(n2ccc(=O)[nH]c2=O)C(O[Si](C)(C)C(C)(C)C)C1O)OC1C(CC)OC(n2ccc(=O)[nH]c2=O)C1O[Si](C)(C)C(C)(C)C. The Morgan fingerprint density at radius 1 is 0.818 bits per heavy atom. The Hall–Kier alpha value is -2.81. The topological polar surface area (TPSA) is 216 Å². The summed E-state index contributed by atoms with van der Waals surface area (Å²) in [6.45, 7) is 27.9. The van der Waals surface area contributed by atoms with Crippen LogP contribution < -0.4 is 22.5 Å². The van der Waals surface area contributed by atoms with Crippen molar-refractivity contribution in [3.05, 3.63) is 77.6 Å². The second-order valence-electron chi connectivity index (χ2n) is 16.8. The van der Waals surface area contributed by atoms with E-state index in [1.807, 2.05) is 67.7 Å². The van der Waals surface area contributed by atoms with Crippen LogP contribution in [0.2, 0.25) is 36.3 Å². The van der Waals surface area contributed by atoms with Gasteiger partial charge >= 0.3 is 19.2 Å². The molecule has 308 valence electrons. The number of hydrogen-bond donors (Lipinski definition) is 3. The molecule has 0 spiro atoms. The number of nitrogens with zero attached hydrogens (tertiary/aromatic N) is 3. The van der Waals surface area contributed by atoms with Gasteiger partial charge in [0, 0.05) is 24.5 Å². The smallest absolute Gasteiger partial charge is 0.407 e. The Morgan fingerprint density at radius 3 is 1.75 bits per heavy atom. The van der Waals surface area contributed by atoms with Crippen LogP contribution in [0.5, 0.6) is 0 Å². The second-order valence-corrected chi connectivity index (χ2v) is 27.9. The van der Waals surface area contributed by atoms with E-state index >= 15 is 0 Å². The Balaban J connectivity index is 1.71. The van der Waals surface area contributed by atoms with Gasteiger partial charge in [0.1, 0.15) is 37.1 Å². The van der Waals surface area contributed by atoms with E-state index in [2.05, 4.69) is 14.8 Å². The number of aliphatic hydroxyl groups excluding tert-OH is 1. The molecule has 2 fully saturated rings. The molecule has 2 saturated heterocycles. The average Bonchev–Trinajstić information content (AvgIpc) is 3.54. The quantitative estimate of drug-likeness (QED) is 0.101. The number of nitrogens with one attached hydrogen (secondary N) is 2. The molecule has 2 aromatic heterocycles. The monoisotopic (exact) mass is 829 g/mol. The maximum atomic E-state index is 14.7. The number of H-pyrrole nitrogens is 2. The highest BCUT2D eigenvalue weighted by atomic mass is 31.2. The van der Waals surface area contributed by atoms with Gasteiger partial charge in [-0.2, -0.15) is 0 Å². The fourth-order valence-electron chi connectivity index (χ4n) is 5.62. The van der Waals surface area contributed by atoms with Crippen molar-refractivity contribution in [1.82, 2.24) is 19.1 Å². The highest BCUT2D eigenvalue weighted by Crippen LogP contribution is 2.55. The van der Waals surface area contributed by atoms with Crippen LogP contribution in [0.15, 0.2) is 43.7 Å². The molecule has 3 N–H and O–H groups in total. The molecule has 55 heavy (non-hydrogen) atoms. The number of aliphatic hydroxyl groups is 1. The van der Waals surface area contributed by atoms with Crippen LogP contribution in [-0.2, 0) is 36.5 Å². The predicted octanol–water partition coefficient (Wildman–Crippen LogP) is 3.88. The third-order valence-corrected chi connectivity index (χ3v) is 21.2. The molecule has 4 heterocycles. The molecule has 2 aromatic rings. The van der Waals surface area contributed by atoms with E-state index in [9.17, 15) is 28.8 Å².